The molecule has 3 aromatic rings. The molecule has 1 aliphatic rings. The van der Waals surface area contributed by atoms with Crippen LogP contribution in [0.25, 0.3) is 16.6 Å². The van der Waals surface area contributed by atoms with Crippen LogP contribution in [0.2, 0.25) is 0 Å². The lowest BCUT2D eigenvalue weighted by Crippen LogP contribution is -2.47. The van der Waals surface area contributed by atoms with Gasteiger partial charge in [-0.2, -0.15) is 5.10 Å². The molecule has 4 rings (SSSR count). The largest absolute Gasteiger partial charge is 0.493 e. The summed E-state index contributed by atoms with van der Waals surface area (Å²) in [6, 6.07) is 13.2. The monoisotopic (exact) mass is 364 g/mol. The van der Waals surface area contributed by atoms with Crippen LogP contribution < -0.4 is 10.2 Å². The quantitative estimate of drug-likeness (QED) is 0.406. The first-order valence-corrected chi connectivity index (χ1v) is 8.91. The third kappa shape index (κ3) is 3.89. The van der Waals surface area contributed by atoms with E-state index in [0.717, 1.165) is 22.1 Å². The van der Waals surface area contributed by atoms with E-state index in [9.17, 15) is 4.79 Å². The summed E-state index contributed by atoms with van der Waals surface area (Å²) in [6.07, 6.45) is 1.96. The third-order valence-electron chi connectivity index (χ3n) is 4.41. The molecule has 2 aromatic carbocycles. The lowest BCUT2D eigenvalue weighted by atomic mass is 9.75. The molecule has 1 aromatic heterocycles. The highest BCUT2D eigenvalue weighted by Crippen LogP contribution is 2.22. The number of hydrogen-bond donors (Lipinski definition) is 0. The SMILES string of the molecule is CC(=O)Oc1ccc(-n2cc3cc(B4OCC(C)(C)CO4)ccc3n2)cc1. The van der Waals surface area contributed by atoms with Crippen LogP contribution in [0.1, 0.15) is 20.8 Å². The molecule has 0 spiro atoms. The standard InChI is InChI=1S/C20H21BN2O4/c1-14(24)27-18-7-5-17(6-8-18)23-11-15-10-16(4-9-19(15)22-23)21-25-12-20(2,3)13-26-21/h4-11H,12-13H2,1-3H3. The van der Waals surface area contributed by atoms with Crippen LogP contribution in [0.3, 0.4) is 0 Å². The van der Waals surface area contributed by atoms with Gasteiger partial charge in [0.05, 0.1) is 11.2 Å². The van der Waals surface area contributed by atoms with Gasteiger partial charge in [-0.1, -0.05) is 26.0 Å². The van der Waals surface area contributed by atoms with Gasteiger partial charge in [0.15, 0.2) is 0 Å². The Morgan fingerprint density at radius 1 is 1.15 bits per heavy atom. The summed E-state index contributed by atoms with van der Waals surface area (Å²) in [7, 11) is -0.339. The van der Waals surface area contributed by atoms with Crippen molar-refractivity contribution in [2.75, 3.05) is 13.2 Å². The maximum absolute atomic E-state index is 11.0. The van der Waals surface area contributed by atoms with E-state index in [1.54, 1.807) is 16.8 Å². The highest BCUT2D eigenvalue weighted by Gasteiger charge is 2.33. The summed E-state index contributed by atoms with van der Waals surface area (Å²) in [5, 5.41) is 5.62. The van der Waals surface area contributed by atoms with Crippen molar-refractivity contribution in [3.05, 3.63) is 48.7 Å². The zero-order chi connectivity index (χ0) is 19.0. The lowest BCUT2D eigenvalue weighted by Gasteiger charge is -2.33. The number of rotatable bonds is 3. The van der Waals surface area contributed by atoms with Crippen LogP contribution in [0.5, 0.6) is 5.75 Å². The van der Waals surface area contributed by atoms with Gasteiger partial charge in [-0.3, -0.25) is 4.79 Å². The highest BCUT2D eigenvalue weighted by atomic mass is 16.6. The predicted octanol–water partition coefficient (Wildman–Crippen LogP) is 2.72. The molecular formula is C20H21BN2O4. The summed E-state index contributed by atoms with van der Waals surface area (Å²) in [5.74, 6) is 0.176. The van der Waals surface area contributed by atoms with E-state index >= 15 is 0 Å². The molecule has 0 radical (unpaired) electrons. The number of hydrogen-bond acceptors (Lipinski definition) is 5. The van der Waals surface area contributed by atoms with Crippen molar-refractivity contribution in [3.8, 4) is 11.4 Å². The zero-order valence-corrected chi connectivity index (χ0v) is 15.6. The minimum atomic E-state index is -0.339. The Labute approximate surface area is 158 Å². The Balaban J connectivity index is 1.57. The number of carbonyl (C=O) groups excluding carboxylic acids is 1. The molecule has 0 aliphatic carbocycles. The lowest BCUT2D eigenvalue weighted by molar-refractivity contribution is -0.131. The molecule has 6 nitrogen and oxygen atoms in total. The van der Waals surface area contributed by atoms with Gasteiger partial charge in [-0.15, -0.1) is 0 Å². The summed E-state index contributed by atoms with van der Waals surface area (Å²) in [5.41, 5.74) is 2.81. The number of carbonyl (C=O) groups is 1. The topological polar surface area (TPSA) is 62.6 Å². The van der Waals surface area contributed by atoms with Gasteiger partial charge in [-0.25, -0.2) is 4.68 Å². The van der Waals surface area contributed by atoms with E-state index in [2.05, 4.69) is 25.0 Å². The molecule has 2 heterocycles. The third-order valence-corrected chi connectivity index (χ3v) is 4.41. The van der Waals surface area contributed by atoms with Crippen molar-refractivity contribution >= 4 is 29.5 Å². The molecule has 27 heavy (non-hydrogen) atoms. The van der Waals surface area contributed by atoms with Crippen LogP contribution in [0.4, 0.5) is 0 Å². The van der Waals surface area contributed by atoms with Gasteiger partial charge in [0.1, 0.15) is 5.75 Å². The Morgan fingerprint density at radius 3 is 2.52 bits per heavy atom. The Hall–Kier alpha value is -2.64. The van der Waals surface area contributed by atoms with Crippen LogP contribution in [0.15, 0.2) is 48.7 Å². The Bertz CT molecular complexity index is 971. The van der Waals surface area contributed by atoms with E-state index < -0.39 is 0 Å². The molecule has 138 valence electrons. The first-order chi connectivity index (χ1) is 12.9. The van der Waals surface area contributed by atoms with E-state index in [0.29, 0.717) is 19.0 Å². The van der Waals surface area contributed by atoms with Crippen LogP contribution in [-0.4, -0.2) is 36.1 Å². The number of nitrogens with zero attached hydrogens (tertiary/aromatic N) is 2. The second kappa shape index (κ2) is 6.83. The van der Waals surface area contributed by atoms with E-state index in [-0.39, 0.29) is 18.5 Å². The minimum Gasteiger partial charge on any atom is -0.427 e. The number of esters is 1. The first kappa shape index (κ1) is 17.8. The average Bonchev–Trinajstić information content (AvgIpc) is 3.05. The smallest absolute Gasteiger partial charge is 0.427 e. The van der Waals surface area contributed by atoms with E-state index in [1.165, 1.54) is 6.92 Å². The van der Waals surface area contributed by atoms with E-state index in [1.807, 2.05) is 30.5 Å². The molecule has 0 unspecified atom stereocenters. The van der Waals surface area contributed by atoms with Crippen molar-refractivity contribution in [1.82, 2.24) is 9.78 Å². The van der Waals surface area contributed by atoms with Gasteiger partial charge in [0.2, 0.25) is 0 Å². The fraction of sp³-hybridized carbons (Fsp3) is 0.300. The predicted molar refractivity (Wildman–Crippen MR) is 103 cm³/mol. The zero-order valence-electron chi connectivity index (χ0n) is 15.6. The summed E-state index contributed by atoms with van der Waals surface area (Å²) in [6.45, 7) is 6.98. The van der Waals surface area contributed by atoms with Crippen molar-refractivity contribution in [2.24, 2.45) is 5.41 Å². The second-order valence-electron chi connectivity index (χ2n) is 7.60. The van der Waals surface area contributed by atoms with Crippen molar-refractivity contribution in [1.29, 1.82) is 0 Å². The Morgan fingerprint density at radius 2 is 1.85 bits per heavy atom. The number of benzene rings is 2. The minimum absolute atomic E-state index is 0.0454. The van der Waals surface area contributed by atoms with Gasteiger partial charge in [-0.05, 0) is 35.8 Å². The molecular weight excluding hydrogens is 343 g/mol. The van der Waals surface area contributed by atoms with Crippen LogP contribution >= 0.6 is 0 Å². The second-order valence-corrected chi connectivity index (χ2v) is 7.60. The normalized spacial score (nSPS) is 16.5. The van der Waals surface area contributed by atoms with Crippen molar-refractivity contribution < 1.29 is 18.8 Å². The van der Waals surface area contributed by atoms with Crippen LogP contribution in [0, 0.1) is 5.41 Å². The fourth-order valence-corrected chi connectivity index (χ4v) is 3.04. The van der Waals surface area contributed by atoms with Crippen LogP contribution in [-0.2, 0) is 14.1 Å². The number of ether oxygens (including phenoxy) is 1. The maximum Gasteiger partial charge on any atom is 0.493 e. The summed E-state index contributed by atoms with van der Waals surface area (Å²) in [4.78, 5) is 11.0. The van der Waals surface area contributed by atoms with Gasteiger partial charge >= 0.3 is 13.1 Å². The number of fused-ring (bicyclic) bond motifs is 1. The maximum atomic E-state index is 11.0. The van der Waals surface area contributed by atoms with Gasteiger partial charge in [0, 0.05) is 37.1 Å². The summed E-state index contributed by atoms with van der Waals surface area (Å²) < 4.78 is 18.6. The molecule has 1 fully saturated rings. The molecule has 0 amide bonds. The van der Waals surface area contributed by atoms with Crippen molar-refractivity contribution in [3.63, 3.8) is 0 Å². The molecule has 0 saturated carbocycles. The molecule has 0 bridgehead atoms. The molecule has 1 aliphatic heterocycles. The number of aromatic nitrogens is 2. The molecule has 1 saturated heterocycles. The van der Waals surface area contributed by atoms with Crippen molar-refractivity contribution in [2.45, 2.75) is 20.8 Å². The highest BCUT2D eigenvalue weighted by molar-refractivity contribution is 6.61. The van der Waals surface area contributed by atoms with E-state index in [4.69, 9.17) is 14.0 Å². The molecule has 0 atom stereocenters. The van der Waals surface area contributed by atoms with Gasteiger partial charge in [0.25, 0.3) is 0 Å². The fourth-order valence-electron chi connectivity index (χ4n) is 3.04. The molecule has 7 heteroatoms. The Kier molecular flexibility index (Phi) is 4.49. The van der Waals surface area contributed by atoms with Gasteiger partial charge < -0.3 is 14.0 Å². The first-order valence-electron chi connectivity index (χ1n) is 8.91. The summed E-state index contributed by atoms with van der Waals surface area (Å²) >= 11 is 0. The molecule has 0 N–H and O–H groups in total. The average molecular weight is 364 g/mol.